The molecule has 0 aliphatic carbocycles. The van der Waals surface area contributed by atoms with Gasteiger partial charge < -0.3 is 19.5 Å². The Bertz CT molecular complexity index is 591. The van der Waals surface area contributed by atoms with Gasteiger partial charge in [-0.3, -0.25) is 0 Å². The van der Waals surface area contributed by atoms with Gasteiger partial charge in [0.25, 0.3) is 0 Å². The normalized spacial score (nSPS) is 20.8. The number of pyridine rings is 1. The quantitative estimate of drug-likeness (QED) is 0.911. The van der Waals surface area contributed by atoms with Gasteiger partial charge in [-0.25, -0.2) is 4.98 Å². The Morgan fingerprint density at radius 3 is 2.95 bits per heavy atom. The average molecular weight is 273 g/mol. The molecular weight excluding hydrogens is 250 g/mol. The van der Waals surface area contributed by atoms with E-state index in [2.05, 4.69) is 51.8 Å². The van der Waals surface area contributed by atoms with Crippen LogP contribution in [-0.4, -0.2) is 54.1 Å². The van der Waals surface area contributed by atoms with Crippen molar-refractivity contribution in [1.82, 2.24) is 19.6 Å². The van der Waals surface area contributed by atoms with Crippen molar-refractivity contribution in [3.05, 3.63) is 30.1 Å². The molecule has 1 fully saturated rings. The number of hydrogen-bond acceptors (Lipinski definition) is 4. The molecule has 2 aromatic rings. The van der Waals surface area contributed by atoms with Crippen LogP contribution in [0.25, 0.3) is 5.65 Å². The van der Waals surface area contributed by atoms with Crippen LogP contribution in [0.5, 0.6) is 0 Å². The molecule has 1 aliphatic heterocycles. The molecule has 0 spiro atoms. The summed E-state index contributed by atoms with van der Waals surface area (Å²) in [5.41, 5.74) is 2.28. The van der Waals surface area contributed by atoms with Crippen molar-refractivity contribution >= 4 is 11.5 Å². The third-order valence-corrected chi connectivity index (χ3v) is 4.21. The third-order valence-electron chi connectivity index (χ3n) is 4.21. The van der Waals surface area contributed by atoms with Gasteiger partial charge in [0.1, 0.15) is 5.65 Å². The Morgan fingerprint density at radius 1 is 1.35 bits per heavy atom. The van der Waals surface area contributed by atoms with Crippen molar-refractivity contribution in [1.29, 1.82) is 0 Å². The molecule has 0 radical (unpaired) electrons. The molecule has 5 nitrogen and oxygen atoms in total. The van der Waals surface area contributed by atoms with Gasteiger partial charge in [-0.2, -0.15) is 0 Å². The van der Waals surface area contributed by atoms with Crippen molar-refractivity contribution in [3.63, 3.8) is 0 Å². The van der Waals surface area contributed by atoms with Gasteiger partial charge in [-0.15, -0.1) is 0 Å². The summed E-state index contributed by atoms with van der Waals surface area (Å²) in [7, 11) is 4.18. The van der Waals surface area contributed by atoms with E-state index >= 15 is 0 Å². The van der Waals surface area contributed by atoms with Crippen LogP contribution in [-0.2, 0) is 6.54 Å². The van der Waals surface area contributed by atoms with Crippen LogP contribution in [0.2, 0.25) is 0 Å². The van der Waals surface area contributed by atoms with Crippen LogP contribution in [0, 0.1) is 0 Å². The number of aromatic nitrogens is 2. The summed E-state index contributed by atoms with van der Waals surface area (Å²) in [6.45, 7) is 6.29. The molecule has 1 atom stereocenters. The summed E-state index contributed by atoms with van der Waals surface area (Å²) in [6.07, 6.45) is 2.10. The standard InChI is InChI=1S/C15H23N5/c1-12-11-19(9-8-18(12)3)15-13(10-16-2)20-7-5-4-6-14(20)17-15/h4-7,12,16H,8-11H2,1-3H3. The highest BCUT2D eigenvalue weighted by Gasteiger charge is 2.25. The number of piperazine rings is 1. The number of rotatable bonds is 3. The zero-order valence-corrected chi connectivity index (χ0v) is 12.5. The van der Waals surface area contributed by atoms with Gasteiger partial charge in [-0.05, 0) is 33.2 Å². The highest BCUT2D eigenvalue weighted by Crippen LogP contribution is 2.24. The van der Waals surface area contributed by atoms with Gasteiger partial charge in [0.05, 0.1) is 5.69 Å². The van der Waals surface area contributed by atoms with Crippen LogP contribution in [0.1, 0.15) is 12.6 Å². The lowest BCUT2D eigenvalue weighted by atomic mass is 10.2. The van der Waals surface area contributed by atoms with Crippen molar-refractivity contribution in [2.75, 3.05) is 38.6 Å². The fourth-order valence-corrected chi connectivity index (χ4v) is 2.86. The summed E-state index contributed by atoms with van der Waals surface area (Å²) in [5, 5.41) is 3.26. The summed E-state index contributed by atoms with van der Waals surface area (Å²) in [4.78, 5) is 9.67. The second kappa shape index (κ2) is 5.42. The summed E-state index contributed by atoms with van der Waals surface area (Å²) in [5.74, 6) is 1.13. The number of imidazole rings is 1. The van der Waals surface area contributed by atoms with E-state index in [1.54, 1.807) is 0 Å². The zero-order valence-electron chi connectivity index (χ0n) is 12.5. The van der Waals surface area contributed by atoms with E-state index in [0.717, 1.165) is 37.6 Å². The maximum Gasteiger partial charge on any atom is 0.152 e. The van der Waals surface area contributed by atoms with E-state index in [4.69, 9.17) is 4.98 Å². The molecule has 5 heteroatoms. The predicted octanol–water partition coefficient (Wildman–Crippen LogP) is 1.19. The molecule has 3 heterocycles. The maximum absolute atomic E-state index is 4.84. The summed E-state index contributed by atoms with van der Waals surface area (Å²) < 4.78 is 2.19. The molecule has 20 heavy (non-hydrogen) atoms. The number of nitrogens with one attached hydrogen (secondary N) is 1. The highest BCUT2D eigenvalue weighted by atomic mass is 15.3. The first-order chi connectivity index (χ1) is 9.70. The molecule has 1 N–H and O–H groups in total. The molecule has 1 unspecified atom stereocenters. The van der Waals surface area contributed by atoms with Crippen molar-refractivity contribution < 1.29 is 0 Å². The fourth-order valence-electron chi connectivity index (χ4n) is 2.86. The first-order valence-corrected chi connectivity index (χ1v) is 7.26. The Balaban J connectivity index is 1.99. The first-order valence-electron chi connectivity index (χ1n) is 7.26. The van der Waals surface area contributed by atoms with Gasteiger partial charge in [-0.1, -0.05) is 6.07 Å². The lowest BCUT2D eigenvalue weighted by Gasteiger charge is -2.38. The molecular formula is C15H23N5. The Morgan fingerprint density at radius 2 is 2.20 bits per heavy atom. The molecule has 2 aromatic heterocycles. The molecule has 0 aromatic carbocycles. The van der Waals surface area contributed by atoms with Crippen LogP contribution in [0.15, 0.2) is 24.4 Å². The second-order valence-corrected chi connectivity index (χ2v) is 5.62. The minimum absolute atomic E-state index is 0.566. The zero-order chi connectivity index (χ0) is 14.1. The number of fused-ring (bicyclic) bond motifs is 1. The summed E-state index contributed by atoms with van der Waals surface area (Å²) >= 11 is 0. The second-order valence-electron chi connectivity index (χ2n) is 5.62. The minimum Gasteiger partial charge on any atom is -0.352 e. The van der Waals surface area contributed by atoms with E-state index in [1.807, 2.05) is 13.1 Å². The number of hydrogen-bond donors (Lipinski definition) is 1. The number of likely N-dealkylation sites (N-methyl/N-ethyl adjacent to an activating group) is 1. The van der Waals surface area contributed by atoms with E-state index < -0.39 is 0 Å². The summed E-state index contributed by atoms with van der Waals surface area (Å²) in [6, 6.07) is 6.74. The molecule has 108 valence electrons. The maximum atomic E-state index is 4.84. The van der Waals surface area contributed by atoms with Crippen LogP contribution in [0.3, 0.4) is 0 Å². The SMILES string of the molecule is CNCc1c(N2CCN(C)C(C)C2)nc2ccccn12. The van der Waals surface area contributed by atoms with Gasteiger partial charge >= 0.3 is 0 Å². The number of anilines is 1. The lowest BCUT2D eigenvalue weighted by Crippen LogP contribution is -2.50. The Labute approximate surface area is 120 Å². The molecule has 0 saturated carbocycles. The average Bonchev–Trinajstić information content (AvgIpc) is 2.82. The van der Waals surface area contributed by atoms with E-state index in [1.165, 1.54) is 5.69 Å². The fraction of sp³-hybridized carbons (Fsp3) is 0.533. The Hall–Kier alpha value is -1.59. The monoisotopic (exact) mass is 273 g/mol. The molecule has 1 aliphatic rings. The van der Waals surface area contributed by atoms with E-state index in [9.17, 15) is 0 Å². The largest absolute Gasteiger partial charge is 0.352 e. The van der Waals surface area contributed by atoms with Gasteiger partial charge in [0.15, 0.2) is 5.82 Å². The van der Waals surface area contributed by atoms with Crippen LogP contribution >= 0.6 is 0 Å². The van der Waals surface area contributed by atoms with Gasteiger partial charge in [0.2, 0.25) is 0 Å². The van der Waals surface area contributed by atoms with Crippen molar-refractivity contribution in [3.8, 4) is 0 Å². The smallest absolute Gasteiger partial charge is 0.152 e. The van der Waals surface area contributed by atoms with E-state index in [-0.39, 0.29) is 0 Å². The third kappa shape index (κ3) is 2.27. The topological polar surface area (TPSA) is 35.8 Å². The number of nitrogens with zero attached hydrogens (tertiary/aromatic N) is 4. The molecule has 0 amide bonds. The van der Waals surface area contributed by atoms with Crippen LogP contribution < -0.4 is 10.2 Å². The lowest BCUT2D eigenvalue weighted by molar-refractivity contribution is 0.233. The van der Waals surface area contributed by atoms with Crippen LogP contribution in [0.4, 0.5) is 5.82 Å². The first kappa shape index (κ1) is 13.4. The molecule has 1 saturated heterocycles. The predicted molar refractivity (Wildman–Crippen MR) is 82.3 cm³/mol. The Kier molecular flexibility index (Phi) is 3.63. The molecule has 3 rings (SSSR count). The van der Waals surface area contributed by atoms with Crippen molar-refractivity contribution in [2.24, 2.45) is 0 Å². The van der Waals surface area contributed by atoms with E-state index in [0.29, 0.717) is 6.04 Å². The minimum atomic E-state index is 0.566. The van der Waals surface area contributed by atoms with Crippen molar-refractivity contribution in [2.45, 2.75) is 19.5 Å². The molecule has 0 bridgehead atoms. The highest BCUT2D eigenvalue weighted by molar-refractivity contribution is 5.56. The van der Waals surface area contributed by atoms with Gasteiger partial charge in [0, 0.05) is 38.4 Å².